The fourth-order valence-electron chi connectivity index (χ4n) is 2.61. The topological polar surface area (TPSA) is 70.1 Å². The molecule has 0 radical (unpaired) electrons. The predicted molar refractivity (Wildman–Crippen MR) is 86.4 cm³/mol. The van der Waals surface area contributed by atoms with E-state index in [2.05, 4.69) is 20.7 Å². The van der Waals surface area contributed by atoms with Gasteiger partial charge in [-0.2, -0.15) is 10.2 Å². The van der Waals surface area contributed by atoms with Crippen LogP contribution >= 0.6 is 11.6 Å². The van der Waals surface area contributed by atoms with E-state index in [4.69, 9.17) is 11.6 Å². The lowest BCUT2D eigenvalue weighted by Gasteiger charge is -2.10. The number of rotatable bonds is 3. The van der Waals surface area contributed by atoms with Gasteiger partial charge in [-0.3, -0.25) is 9.89 Å². The van der Waals surface area contributed by atoms with Gasteiger partial charge in [-0.25, -0.2) is 5.43 Å². The Hall–Kier alpha value is -2.14. The van der Waals surface area contributed by atoms with Gasteiger partial charge in [0.2, 0.25) is 0 Å². The smallest absolute Gasteiger partial charge is 0.281 e. The maximum atomic E-state index is 12.2. The highest BCUT2D eigenvalue weighted by molar-refractivity contribution is 6.30. The third-order valence-corrected chi connectivity index (χ3v) is 4.11. The molecular formula is C16H17ClN4O. The summed E-state index contributed by atoms with van der Waals surface area (Å²) in [4.78, 5) is 12.2. The molecule has 0 fully saturated rings. The van der Waals surface area contributed by atoms with E-state index in [1.165, 1.54) is 0 Å². The molecule has 2 aromatic rings. The first-order valence-electron chi connectivity index (χ1n) is 7.32. The van der Waals surface area contributed by atoms with Crippen LogP contribution in [0.15, 0.2) is 29.4 Å². The van der Waals surface area contributed by atoms with Gasteiger partial charge in [-0.05, 0) is 50.3 Å². The van der Waals surface area contributed by atoms with Crippen molar-refractivity contribution < 1.29 is 4.79 Å². The van der Waals surface area contributed by atoms with Crippen LogP contribution in [-0.2, 0) is 12.8 Å². The molecule has 0 atom stereocenters. The normalized spacial score (nSPS) is 14.5. The molecule has 0 spiro atoms. The molecule has 1 heterocycles. The van der Waals surface area contributed by atoms with E-state index >= 15 is 0 Å². The number of aryl methyl sites for hydroxylation is 1. The molecule has 0 unspecified atom stereocenters. The average Bonchev–Trinajstić information content (AvgIpc) is 2.97. The molecule has 1 aliphatic rings. The van der Waals surface area contributed by atoms with Gasteiger partial charge in [-0.1, -0.05) is 23.7 Å². The van der Waals surface area contributed by atoms with Gasteiger partial charge < -0.3 is 0 Å². The largest absolute Gasteiger partial charge is 0.292 e. The predicted octanol–water partition coefficient (Wildman–Crippen LogP) is 3.10. The summed E-state index contributed by atoms with van der Waals surface area (Å²) in [6.45, 7) is 1.84. The van der Waals surface area contributed by atoms with Crippen molar-refractivity contribution in [1.82, 2.24) is 15.6 Å². The van der Waals surface area contributed by atoms with Crippen LogP contribution in [0.3, 0.4) is 0 Å². The van der Waals surface area contributed by atoms with Crippen molar-refractivity contribution >= 4 is 23.2 Å². The molecule has 22 heavy (non-hydrogen) atoms. The first-order valence-corrected chi connectivity index (χ1v) is 7.69. The molecule has 0 saturated heterocycles. The Bertz CT molecular complexity index is 718. The van der Waals surface area contributed by atoms with Crippen molar-refractivity contribution in [3.8, 4) is 0 Å². The Morgan fingerprint density at radius 3 is 2.77 bits per heavy atom. The average molecular weight is 317 g/mol. The minimum Gasteiger partial charge on any atom is -0.281 e. The van der Waals surface area contributed by atoms with Crippen molar-refractivity contribution in [3.05, 3.63) is 51.8 Å². The molecule has 0 aliphatic heterocycles. The quantitative estimate of drug-likeness (QED) is 0.674. The maximum Gasteiger partial charge on any atom is 0.292 e. The number of hydrogen-bond donors (Lipinski definition) is 2. The van der Waals surface area contributed by atoms with Crippen LogP contribution in [0.5, 0.6) is 0 Å². The monoisotopic (exact) mass is 316 g/mol. The minimum atomic E-state index is -0.271. The van der Waals surface area contributed by atoms with Crippen LogP contribution in [0.2, 0.25) is 5.02 Å². The molecular weight excluding hydrogens is 300 g/mol. The SMILES string of the molecule is C/C(=N/NC(=O)c1n[nH]c2c1CCCC2)c1ccc(Cl)cc1. The number of nitrogens with one attached hydrogen (secondary N) is 2. The van der Waals surface area contributed by atoms with Gasteiger partial charge in [0, 0.05) is 16.3 Å². The Morgan fingerprint density at radius 1 is 1.27 bits per heavy atom. The molecule has 1 amide bonds. The van der Waals surface area contributed by atoms with Gasteiger partial charge in [0.1, 0.15) is 0 Å². The highest BCUT2D eigenvalue weighted by Crippen LogP contribution is 2.22. The van der Waals surface area contributed by atoms with Crippen LogP contribution in [0.1, 0.15) is 47.1 Å². The summed E-state index contributed by atoms with van der Waals surface area (Å²) in [6.07, 6.45) is 4.10. The van der Waals surface area contributed by atoms with Crippen LogP contribution < -0.4 is 5.43 Å². The van der Waals surface area contributed by atoms with Crippen LogP contribution in [0, 0.1) is 0 Å². The molecule has 5 nitrogen and oxygen atoms in total. The molecule has 1 aromatic carbocycles. The molecule has 6 heteroatoms. The Morgan fingerprint density at radius 2 is 2.00 bits per heavy atom. The second kappa shape index (κ2) is 6.32. The lowest BCUT2D eigenvalue weighted by molar-refractivity contribution is 0.0949. The number of halogens is 1. The summed E-state index contributed by atoms with van der Waals surface area (Å²) in [5, 5.41) is 11.9. The van der Waals surface area contributed by atoms with E-state index in [0.29, 0.717) is 10.7 Å². The number of aromatic amines is 1. The highest BCUT2D eigenvalue weighted by atomic mass is 35.5. The van der Waals surface area contributed by atoms with Crippen molar-refractivity contribution in [1.29, 1.82) is 0 Å². The zero-order valence-corrected chi connectivity index (χ0v) is 13.1. The van der Waals surface area contributed by atoms with Crippen molar-refractivity contribution in [3.63, 3.8) is 0 Å². The number of carbonyl (C=O) groups is 1. The Kier molecular flexibility index (Phi) is 4.24. The molecule has 1 aliphatic carbocycles. The Labute approximate surface area is 133 Å². The number of nitrogens with zero attached hydrogens (tertiary/aromatic N) is 2. The van der Waals surface area contributed by atoms with Gasteiger partial charge >= 0.3 is 0 Å². The van der Waals surface area contributed by atoms with E-state index < -0.39 is 0 Å². The van der Waals surface area contributed by atoms with Crippen LogP contribution in [0.4, 0.5) is 0 Å². The van der Waals surface area contributed by atoms with E-state index in [1.54, 1.807) is 12.1 Å². The summed E-state index contributed by atoms with van der Waals surface area (Å²) in [5.74, 6) is -0.271. The second-order valence-corrected chi connectivity index (χ2v) is 5.82. The summed E-state index contributed by atoms with van der Waals surface area (Å²) < 4.78 is 0. The van der Waals surface area contributed by atoms with Crippen molar-refractivity contribution in [2.24, 2.45) is 5.10 Å². The number of carbonyl (C=O) groups excluding carboxylic acids is 1. The minimum absolute atomic E-state index is 0.271. The van der Waals surface area contributed by atoms with E-state index in [0.717, 1.165) is 48.2 Å². The van der Waals surface area contributed by atoms with E-state index in [1.807, 2.05) is 19.1 Å². The lowest BCUT2D eigenvalue weighted by Crippen LogP contribution is -2.21. The summed E-state index contributed by atoms with van der Waals surface area (Å²) in [7, 11) is 0. The summed E-state index contributed by atoms with van der Waals surface area (Å²) in [6, 6.07) is 7.32. The van der Waals surface area contributed by atoms with Gasteiger partial charge in [0.05, 0.1) is 5.71 Å². The third kappa shape index (κ3) is 3.04. The summed E-state index contributed by atoms with van der Waals surface area (Å²) >= 11 is 5.86. The van der Waals surface area contributed by atoms with Crippen LogP contribution in [0.25, 0.3) is 0 Å². The number of hydrogen-bond acceptors (Lipinski definition) is 3. The van der Waals surface area contributed by atoms with Gasteiger partial charge in [-0.15, -0.1) is 0 Å². The molecule has 0 bridgehead atoms. The van der Waals surface area contributed by atoms with E-state index in [9.17, 15) is 4.79 Å². The standard InChI is InChI=1S/C16H17ClN4O/c1-10(11-6-8-12(17)9-7-11)18-21-16(22)15-13-4-2-3-5-14(13)19-20-15/h6-9H,2-5H2,1H3,(H,19,20)(H,21,22)/b18-10-. The van der Waals surface area contributed by atoms with Crippen LogP contribution in [-0.4, -0.2) is 21.8 Å². The number of aromatic nitrogens is 2. The van der Waals surface area contributed by atoms with Crippen molar-refractivity contribution in [2.45, 2.75) is 32.6 Å². The molecule has 114 valence electrons. The second-order valence-electron chi connectivity index (χ2n) is 5.38. The number of H-pyrrole nitrogens is 1. The number of amides is 1. The molecule has 1 aromatic heterocycles. The number of hydrazone groups is 1. The molecule has 3 rings (SSSR count). The third-order valence-electron chi connectivity index (χ3n) is 3.86. The van der Waals surface area contributed by atoms with Gasteiger partial charge in [0.15, 0.2) is 5.69 Å². The highest BCUT2D eigenvalue weighted by Gasteiger charge is 2.21. The fraction of sp³-hybridized carbons (Fsp3) is 0.312. The summed E-state index contributed by atoms with van der Waals surface area (Å²) in [5.41, 5.74) is 6.78. The lowest BCUT2D eigenvalue weighted by atomic mass is 9.96. The maximum absolute atomic E-state index is 12.2. The number of benzene rings is 1. The molecule has 0 saturated carbocycles. The Balaban J connectivity index is 1.73. The zero-order chi connectivity index (χ0) is 15.5. The van der Waals surface area contributed by atoms with Gasteiger partial charge in [0.25, 0.3) is 5.91 Å². The fourth-order valence-corrected chi connectivity index (χ4v) is 2.74. The first kappa shape index (κ1) is 14.8. The molecule has 2 N–H and O–H groups in total. The van der Waals surface area contributed by atoms with E-state index in [-0.39, 0.29) is 5.91 Å². The first-order chi connectivity index (χ1) is 10.6. The number of fused-ring (bicyclic) bond motifs is 1. The van der Waals surface area contributed by atoms with Crippen molar-refractivity contribution in [2.75, 3.05) is 0 Å². The zero-order valence-electron chi connectivity index (χ0n) is 12.3.